The number of fused-ring (bicyclic) bond motifs is 1. The molecule has 0 radical (unpaired) electrons. The Kier molecular flexibility index (Phi) is 4.01. The van der Waals surface area contributed by atoms with Gasteiger partial charge in [-0.15, -0.1) is 0 Å². The second-order valence-electron chi connectivity index (χ2n) is 6.76. The number of rotatable bonds is 1. The van der Waals surface area contributed by atoms with E-state index >= 15 is 0 Å². The highest BCUT2D eigenvalue weighted by Crippen LogP contribution is 2.31. The lowest BCUT2D eigenvalue weighted by Gasteiger charge is -2.43. The zero-order chi connectivity index (χ0) is 15.0. The van der Waals surface area contributed by atoms with Crippen molar-refractivity contribution in [2.24, 2.45) is 0 Å². The average molecular weight is 309 g/mol. The van der Waals surface area contributed by atoms with Crippen LogP contribution >= 0.6 is 11.8 Å². The van der Waals surface area contributed by atoms with E-state index in [-0.39, 0.29) is 11.3 Å². The molecule has 2 aliphatic rings. The first-order valence-electron chi connectivity index (χ1n) is 7.53. The molecule has 0 spiro atoms. The fraction of sp³-hybridized carbons (Fsp3) is 0.733. The molecular weight excluding hydrogens is 286 g/mol. The molecule has 2 aliphatic heterocycles. The lowest BCUT2D eigenvalue weighted by Crippen LogP contribution is -2.54. The van der Waals surface area contributed by atoms with Crippen molar-refractivity contribution in [3.8, 4) is 0 Å². The van der Waals surface area contributed by atoms with Crippen LogP contribution in [0.4, 0.5) is 0 Å². The van der Waals surface area contributed by atoms with Crippen molar-refractivity contribution >= 4 is 17.7 Å². The number of amides is 1. The predicted molar refractivity (Wildman–Crippen MR) is 83.8 cm³/mol. The SMILES string of the molecule is CC(C)(C)c1cc(C(=O)N2CCS[C@H]3COCC[C@H]32)n[nH]1. The second kappa shape index (κ2) is 5.65. The lowest BCUT2D eigenvalue weighted by atomic mass is 9.92. The number of aromatic amines is 1. The quantitative estimate of drug-likeness (QED) is 0.862. The van der Waals surface area contributed by atoms with E-state index in [2.05, 4.69) is 31.0 Å². The number of carbonyl (C=O) groups excluding carboxylic acids is 1. The van der Waals surface area contributed by atoms with Crippen LogP contribution in [0.2, 0.25) is 0 Å². The van der Waals surface area contributed by atoms with E-state index in [9.17, 15) is 4.79 Å². The summed E-state index contributed by atoms with van der Waals surface area (Å²) in [7, 11) is 0. The van der Waals surface area contributed by atoms with E-state index in [1.165, 1.54) is 0 Å². The van der Waals surface area contributed by atoms with Gasteiger partial charge in [0.2, 0.25) is 0 Å². The van der Waals surface area contributed by atoms with Gasteiger partial charge >= 0.3 is 0 Å². The molecular formula is C15H23N3O2S. The Bertz CT molecular complexity index is 521. The van der Waals surface area contributed by atoms with Gasteiger partial charge in [-0.05, 0) is 12.5 Å². The van der Waals surface area contributed by atoms with Gasteiger partial charge < -0.3 is 9.64 Å². The largest absolute Gasteiger partial charge is 0.380 e. The summed E-state index contributed by atoms with van der Waals surface area (Å²) in [6.07, 6.45) is 0.931. The van der Waals surface area contributed by atoms with Gasteiger partial charge in [-0.25, -0.2) is 0 Å². The summed E-state index contributed by atoms with van der Waals surface area (Å²) in [6, 6.07) is 2.19. The van der Waals surface area contributed by atoms with Crippen LogP contribution in [0.1, 0.15) is 43.4 Å². The van der Waals surface area contributed by atoms with E-state index in [1.807, 2.05) is 22.7 Å². The summed E-state index contributed by atoms with van der Waals surface area (Å²) in [6.45, 7) is 8.65. The van der Waals surface area contributed by atoms with Gasteiger partial charge in [0.05, 0.1) is 6.61 Å². The first-order valence-corrected chi connectivity index (χ1v) is 8.58. The minimum Gasteiger partial charge on any atom is -0.380 e. The van der Waals surface area contributed by atoms with Gasteiger partial charge in [0, 0.05) is 41.3 Å². The van der Waals surface area contributed by atoms with Gasteiger partial charge in [-0.3, -0.25) is 9.89 Å². The molecule has 0 unspecified atom stereocenters. The van der Waals surface area contributed by atoms with Gasteiger partial charge in [0.25, 0.3) is 5.91 Å². The molecule has 1 amide bonds. The molecule has 1 N–H and O–H groups in total. The summed E-state index contributed by atoms with van der Waals surface area (Å²) >= 11 is 1.93. The molecule has 2 fully saturated rings. The Morgan fingerprint density at radius 1 is 1.52 bits per heavy atom. The van der Waals surface area contributed by atoms with Crippen molar-refractivity contribution in [2.45, 2.75) is 43.9 Å². The third-order valence-corrected chi connectivity index (χ3v) is 5.50. The number of ether oxygens (including phenoxy) is 1. The standard InChI is InChI=1S/C15H23N3O2S/c1-15(2,3)13-8-10(16-17-13)14(19)18-5-7-21-12-9-20-6-4-11(12)18/h8,11-12H,4-7,9H2,1-3H3,(H,16,17)/t11-,12+/m1/s1. The number of thioether (sulfide) groups is 1. The van der Waals surface area contributed by atoms with E-state index in [4.69, 9.17) is 4.74 Å². The Morgan fingerprint density at radius 3 is 3.05 bits per heavy atom. The molecule has 5 nitrogen and oxygen atoms in total. The van der Waals surface area contributed by atoms with E-state index in [0.717, 1.165) is 37.6 Å². The molecule has 2 atom stereocenters. The third-order valence-electron chi connectivity index (χ3n) is 4.20. The molecule has 116 valence electrons. The van der Waals surface area contributed by atoms with Crippen molar-refractivity contribution in [3.63, 3.8) is 0 Å². The van der Waals surface area contributed by atoms with Crippen molar-refractivity contribution in [3.05, 3.63) is 17.5 Å². The summed E-state index contributed by atoms with van der Waals surface area (Å²) in [5, 5.41) is 7.67. The zero-order valence-corrected chi connectivity index (χ0v) is 13.7. The number of nitrogens with one attached hydrogen (secondary N) is 1. The highest BCUT2D eigenvalue weighted by atomic mass is 32.2. The van der Waals surface area contributed by atoms with Gasteiger partial charge in [-0.2, -0.15) is 16.9 Å². The van der Waals surface area contributed by atoms with Crippen molar-refractivity contribution in [1.82, 2.24) is 15.1 Å². The van der Waals surface area contributed by atoms with Crippen molar-refractivity contribution in [2.75, 3.05) is 25.5 Å². The first kappa shape index (κ1) is 14.9. The van der Waals surface area contributed by atoms with E-state index in [0.29, 0.717) is 17.0 Å². The fourth-order valence-electron chi connectivity index (χ4n) is 2.90. The van der Waals surface area contributed by atoms with Crippen LogP contribution in [0.25, 0.3) is 0 Å². The summed E-state index contributed by atoms with van der Waals surface area (Å²) in [5.41, 5.74) is 1.52. The van der Waals surface area contributed by atoms with E-state index in [1.54, 1.807) is 0 Å². The summed E-state index contributed by atoms with van der Waals surface area (Å²) < 4.78 is 5.54. The number of aromatic nitrogens is 2. The number of H-pyrrole nitrogens is 1. The van der Waals surface area contributed by atoms with E-state index < -0.39 is 0 Å². The smallest absolute Gasteiger partial charge is 0.274 e. The van der Waals surface area contributed by atoms with Crippen molar-refractivity contribution in [1.29, 1.82) is 0 Å². The molecule has 1 aromatic rings. The fourth-order valence-corrected chi connectivity index (χ4v) is 4.20. The maximum Gasteiger partial charge on any atom is 0.274 e. The lowest BCUT2D eigenvalue weighted by molar-refractivity contribution is 0.0315. The summed E-state index contributed by atoms with van der Waals surface area (Å²) in [4.78, 5) is 14.8. The minimum absolute atomic E-state index is 0.0233. The molecule has 3 heterocycles. The monoisotopic (exact) mass is 309 g/mol. The third kappa shape index (κ3) is 2.97. The molecule has 0 saturated carbocycles. The topological polar surface area (TPSA) is 58.2 Å². The predicted octanol–water partition coefficient (Wildman–Crippen LogP) is 2.05. The Morgan fingerprint density at radius 2 is 2.33 bits per heavy atom. The van der Waals surface area contributed by atoms with Crippen LogP contribution in [0.3, 0.4) is 0 Å². The minimum atomic E-state index is -0.0233. The Balaban J connectivity index is 1.79. The molecule has 1 aromatic heterocycles. The van der Waals surface area contributed by atoms with Gasteiger partial charge in [0.15, 0.2) is 0 Å². The molecule has 0 bridgehead atoms. The van der Waals surface area contributed by atoms with Crippen LogP contribution in [0, 0.1) is 0 Å². The highest BCUT2D eigenvalue weighted by Gasteiger charge is 2.38. The maximum atomic E-state index is 12.8. The zero-order valence-electron chi connectivity index (χ0n) is 12.9. The number of carbonyl (C=O) groups is 1. The number of hydrogen-bond donors (Lipinski definition) is 1. The van der Waals surface area contributed by atoms with Gasteiger partial charge in [-0.1, -0.05) is 20.8 Å². The van der Waals surface area contributed by atoms with Crippen LogP contribution < -0.4 is 0 Å². The first-order chi connectivity index (χ1) is 9.97. The van der Waals surface area contributed by atoms with Crippen LogP contribution in [0.15, 0.2) is 6.07 Å². The molecule has 3 rings (SSSR count). The average Bonchev–Trinajstić information content (AvgIpc) is 2.96. The van der Waals surface area contributed by atoms with Crippen molar-refractivity contribution < 1.29 is 9.53 Å². The number of nitrogens with zero attached hydrogens (tertiary/aromatic N) is 2. The van der Waals surface area contributed by atoms with Gasteiger partial charge in [0.1, 0.15) is 5.69 Å². The molecule has 6 heteroatoms. The normalized spacial score (nSPS) is 26.5. The van der Waals surface area contributed by atoms with Crippen LogP contribution in [-0.2, 0) is 10.2 Å². The molecule has 0 aromatic carbocycles. The number of hydrogen-bond acceptors (Lipinski definition) is 4. The second-order valence-corrected chi connectivity index (χ2v) is 8.10. The molecule has 21 heavy (non-hydrogen) atoms. The Labute approximate surface area is 129 Å². The molecule has 2 saturated heterocycles. The summed E-state index contributed by atoms with van der Waals surface area (Å²) in [5.74, 6) is 1.03. The maximum absolute atomic E-state index is 12.8. The van der Waals surface area contributed by atoms with Crippen LogP contribution in [0.5, 0.6) is 0 Å². The highest BCUT2D eigenvalue weighted by molar-refractivity contribution is 8.00. The Hall–Kier alpha value is -1.01. The van der Waals surface area contributed by atoms with Crippen LogP contribution in [-0.4, -0.2) is 57.8 Å². The molecule has 0 aliphatic carbocycles.